The monoisotopic (exact) mass is 140 g/mol. The van der Waals surface area contributed by atoms with Gasteiger partial charge in [-0.25, -0.2) is 0 Å². The van der Waals surface area contributed by atoms with Gasteiger partial charge in [0, 0.05) is 0 Å². The Labute approximate surface area is 65.0 Å². The highest BCUT2D eigenvalue weighted by Crippen LogP contribution is 2.40. The normalized spacial score (nSPS) is 22.8. The molecule has 0 heteroatoms. The van der Waals surface area contributed by atoms with E-state index in [4.69, 9.17) is 0 Å². The van der Waals surface area contributed by atoms with Crippen LogP contribution in [0.5, 0.6) is 0 Å². The van der Waals surface area contributed by atoms with Crippen molar-refractivity contribution in [3.05, 3.63) is 0 Å². The van der Waals surface area contributed by atoms with Gasteiger partial charge in [-0.1, -0.05) is 40.5 Å². The van der Waals surface area contributed by atoms with Crippen molar-refractivity contribution in [3.8, 4) is 0 Å². The van der Waals surface area contributed by atoms with Crippen LogP contribution in [0.15, 0.2) is 0 Å². The minimum Gasteiger partial charge on any atom is -0.0620 e. The average molecular weight is 140 g/mol. The molecule has 1 saturated carbocycles. The van der Waals surface area contributed by atoms with Gasteiger partial charge < -0.3 is 0 Å². The Morgan fingerprint density at radius 3 is 2.10 bits per heavy atom. The van der Waals surface area contributed by atoms with E-state index in [-0.39, 0.29) is 0 Å². The maximum absolute atomic E-state index is 2.39. The van der Waals surface area contributed by atoms with E-state index in [1.165, 1.54) is 19.3 Å². The molecule has 0 aromatic rings. The lowest BCUT2D eigenvalue weighted by Crippen LogP contribution is -2.17. The van der Waals surface area contributed by atoms with Crippen LogP contribution in [-0.2, 0) is 0 Å². The Morgan fingerprint density at radius 1 is 1.30 bits per heavy atom. The molecule has 0 bridgehead atoms. The summed E-state index contributed by atoms with van der Waals surface area (Å²) in [5, 5.41) is 0. The predicted molar refractivity (Wildman–Crippen MR) is 46.0 cm³/mol. The molecule has 0 N–H and O–H groups in total. The fourth-order valence-electron chi connectivity index (χ4n) is 1.21. The van der Waals surface area contributed by atoms with Crippen LogP contribution < -0.4 is 0 Å². The van der Waals surface area contributed by atoms with E-state index >= 15 is 0 Å². The van der Waals surface area contributed by atoms with Crippen LogP contribution in [0.3, 0.4) is 0 Å². The van der Waals surface area contributed by atoms with Crippen molar-refractivity contribution < 1.29 is 0 Å². The molecule has 0 spiro atoms. The van der Waals surface area contributed by atoms with Gasteiger partial charge in [0.1, 0.15) is 0 Å². The van der Waals surface area contributed by atoms with Crippen molar-refractivity contribution in [2.24, 2.45) is 17.3 Å². The largest absolute Gasteiger partial charge is 0.0620 e. The van der Waals surface area contributed by atoms with Crippen LogP contribution in [0.1, 0.15) is 47.0 Å². The molecular formula is C10H20. The van der Waals surface area contributed by atoms with Gasteiger partial charge in [-0.05, 0) is 23.7 Å². The van der Waals surface area contributed by atoms with Gasteiger partial charge in [0.15, 0.2) is 0 Å². The maximum Gasteiger partial charge on any atom is -0.0357 e. The molecule has 60 valence electrons. The lowest BCUT2D eigenvalue weighted by molar-refractivity contribution is 0.237. The maximum atomic E-state index is 2.39. The lowest BCUT2D eigenvalue weighted by atomic mass is 9.79. The SMILES string of the molecule is CC(CC1CC1)C(C)(C)C. The molecule has 0 aliphatic heterocycles. The average Bonchev–Trinajstić information content (AvgIpc) is 2.47. The van der Waals surface area contributed by atoms with Crippen molar-refractivity contribution in [2.45, 2.75) is 47.0 Å². The van der Waals surface area contributed by atoms with Crippen LogP contribution in [0.4, 0.5) is 0 Å². The first-order chi connectivity index (χ1) is 4.50. The molecule has 0 nitrogen and oxygen atoms in total. The second-order valence-electron chi connectivity index (χ2n) is 4.95. The molecule has 0 radical (unpaired) electrons. The zero-order chi connectivity index (χ0) is 7.78. The summed E-state index contributed by atoms with van der Waals surface area (Å²) < 4.78 is 0. The Kier molecular flexibility index (Phi) is 2.07. The van der Waals surface area contributed by atoms with Crippen molar-refractivity contribution >= 4 is 0 Å². The summed E-state index contributed by atoms with van der Waals surface area (Å²) in [6, 6.07) is 0. The minimum absolute atomic E-state index is 0.530. The first-order valence-electron chi connectivity index (χ1n) is 4.50. The molecule has 1 unspecified atom stereocenters. The highest BCUT2D eigenvalue weighted by atomic mass is 14.3. The molecule has 1 fully saturated rings. The third-order valence-electron chi connectivity index (χ3n) is 2.86. The second-order valence-corrected chi connectivity index (χ2v) is 4.95. The van der Waals surface area contributed by atoms with E-state index in [0.29, 0.717) is 5.41 Å². The standard InChI is InChI=1S/C10H20/c1-8(10(2,3)4)7-9-5-6-9/h8-9H,5-7H2,1-4H3. The van der Waals surface area contributed by atoms with Crippen molar-refractivity contribution in [1.29, 1.82) is 0 Å². The Morgan fingerprint density at radius 2 is 1.80 bits per heavy atom. The quantitative estimate of drug-likeness (QED) is 0.551. The minimum atomic E-state index is 0.530. The number of hydrogen-bond donors (Lipinski definition) is 0. The summed E-state index contributed by atoms with van der Waals surface area (Å²) in [7, 11) is 0. The fraction of sp³-hybridized carbons (Fsp3) is 1.00. The molecule has 0 saturated heterocycles. The van der Waals surface area contributed by atoms with Gasteiger partial charge in [-0.3, -0.25) is 0 Å². The molecule has 1 aliphatic rings. The van der Waals surface area contributed by atoms with Gasteiger partial charge >= 0.3 is 0 Å². The van der Waals surface area contributed by atoms with E-state index < -0.39 is 0 Å². The van der Waals surface area contributed by atoms with Gasteiger partial charge in [-0.2, -0.15) is 0 Å². The number of hydrogen-bond acceptors (Lipinski definition) is 0. The van der Waals surface area contributed by atoms with E-state index in [9.17, 15) is 0 Å². The van der Waals surface area contributed by atoms with E-state index in [2.05, 4.69) is 27.7 Å². The van der Waals surface area contributed by atoms with Crippen molar-refractivity contribution in [1.82, 2.24) is 0 Å². The Hall–Kier alpha value is 0. The van der Waals surface area contributed by atoms with Crippen LogP contribution in [0.2, 0.25) is 0 Å². The van der Waals surface area contributed by atoms with Gasteiger partial charge in [0.2, 0.25) is 0 Å². The summed E-state index contributed by atoms with van der Waals surface area (Å²) in [6.45, 7) is 9.43. The highest BCUT2D eigenvalue weighted by molar-refractivity contribution is 4.79. The molecule has 1 rings (SSSR count). The van der Waals surface area contributed by atoms with Crippen molar-refractivity contribution in [3.63, 3.8) is 0 Å². The zero-order valence-corrected chi connectivity index (χ0v) is 7.78. The lowest BCUT2D eigenvalue weighted by Gasteiger charge is -2.27. The van der Waals surface area contributed by atoms with E-state index in [1.54, 1.807) is 0 Å². The molecule has 1 aliphatic carbocycles. The van der Waals surface area contributed by atoms with Gasteiger partial charge in [-0.15, -0.1) is 0 Å². The fourth-order valence-corrected chi connectivity index (χ4v) is 1.21. The first kappa shape index (κ1) is 8.10. The molecule has 0 heterocycles. The predicted octanol–water partition coefficient (Wildman–Crippen LogP) is 3.47. The zero-order valence-electron chi connectivity index (χ0n) is 7.78. The smallest absolute Gasteiger partial charge is 0.0357 e. The first-order valence-corrected chi connectivity index (χ1v) is 4.50. The topological polar surface area (TPSA) is 0 Å². The molecule has 1 atom stereocenters. The van der Waals surface area contributed by atoms with Crippen LogP contribution >= 0.6 is 0 Å². The van der Waals surface area contributed by atoms with Crippen molar-refractivity contribution in [2.75, 3.05) is 0 Å². The summed E-state index contributed by atoms with van der Waals surface area (Å²) in [4.78, 5) is 0. The van der Waals surface area contributed by atoms with Crippen LogP contribution in [0.25, 0.3) is 0 Å². The summed E-state index contributed by atoms with van der Waals surface area (Å²) in [6.07, 6.45) is 4.46. The summed E-state index contributed by atoms with van der Waals surface area (Å²) in [5.41, 5.74) is 0.530. The molecule has 10 heavy (non-hydrogen) atoms. The second kappa shape index (κ2) is 2.56. The Bertz CT molecular complexity index is 104. The molecule has 0 aromatic carbocycles. The third-order valence-corrected chi connectivity index (χ3v) is 2.86. The number of rotatable bonds is 2. The van der Waals surface area contributed by atoms with Gasteiger partial charge in [0.05, 0.1) is 0 Å². The van der Waals surface area contributed by atoms with Gasteiger partial charge in [0.25, 0.3) is 0 Å². The highest BCUT2D eigenvalue weighted by Gasteiger charge is 2.28. The van der Waals surface area contributed by atoms with Crippen LogP contribution in [0, 0.1) is 17.3 Å². The third kappa shape index (κ3) is 2.32. The van der Waals surface area contributed by atoms with Crippen LogP contribution in [-0.4, -0.2) is 0 Å². The van der Waals surface area contributed by atoms with E-state index in [1.807, 2.05) is 0 Å². The molecule has 0 amide bonds. The Balaban J connectivity index is 2.25. The summed E-state index contributed by atoms with van der Waals surface area (Å²) >= 11 is 0. The summed E-state index contributed by atoms with van der Waals surface area (Å²) in [5.74, 6) is 1.99. The van der Waals surface area contributed by atoms with E-state index in [0.717, 1.165) is 11.8 Å². The molecule has 0 aromatic heterocycles. The molecular weight excluding hydrogens is 120 g/mol.